The highest BCUT2D eigenvalue weighted by atomic mass is 15.2. The van der Waals surface area contributed by atoms with E-state index in [4.69, 9.17) is 4.11 Å². The van der Waals surface area contributed by atoms with E-state index in [0.717, 1.165) is 64.4 Å². The number of hydrogen-bond acceptors (Lipinski definition) is 2. The average Bonchev–Trinajstić information content (AvgIpc) is 2.79. The first-order valence-electron chi connectivity index (χ1n) is 29.8. The second kappa shape index (κ2) is 16.2. The van der Waals surface area contributed by atoms with Crippen molar-refractivity contribution in [3.05, 3.63) is 196 Å². The monoisotopic (exact) mass is 996 g/mol. The molecule has 3 heteroatoms. The normalized spacial score (nSPS) is 19.0. The van der Waals surface area contributed by atoms with E-state index in [0.29, 0.717) is 0 Å². The van der Waals surface area contributed by atoms with Crippen molar-refractivity contribution in [1.82, 2.24) is 0 Å². The number of aryl methyl sites for hydroxylation is 2. The summed E-state index contributed by atoms with van der Waals surface area (Å²) in [5.74, 6) is 0. The van der Waals surface area contributed by atoms with E-state index in [1.165, 1.54) is 88.8 Å². The van der Waals surface area contributed by atoms with Gasteiger partial charge in [-0.25, -0.2) is 0 Å². The molecule has 0 saturated carbocycles. The molecule has 2 heterocycles. The van der Waals surface area contributed by atoms with Gasteiger partial charge in [0.15, 0.2) is 0 Å². The van der Waals surface area contributed by atoms with Crippen LogP contribution in [0.3, 0.4) is 0 Å². The van der Waals surface area contributed by atoms with Crippen LogP contribution >= 0.6 is 0 Å². The smallest absolute Gasteiger partial charge is 0.252 e. The Bertz CT molecular complexity index is 3880. The SMILES string of the molecule is [2H]C([2H])([2H])Cc1cc2c3c(c1)N(c1ccc(C(C)(C)C)cc1-c1ccccc1)c1cc4c(cc1B3c1ccc(-c3cccc5c3-c3ccccc3C5(C)C)cc1N2c1cc2c(cc1C)C(C)(C)CC2(C)C)C(C)(C)CCC4(C)C. The number of hydrogen-bond donors (Lipinski definition) is 0. The fraction of sp³-hybridized carbons (Fsp3) is 0.342. The van der Waals surface area contributed by atoms with Gasteiger partial charge in [-0.1, -0.05) is 200 Å². The molecule has 76 heavy (non-hydrogen) atoms. The zero-order chi connectivity index (χ0) is 55.9. The fourth-order valence-electron chi connectivity index (χ4n) is 15.3. The maximum atomic E-state index is 8.94. The highest BCUT2D eigenvalue weighted by molar-refractivity contribution is 7.00. The molecule has 0 atom stereocenters. The molecule has 2 nitrogen and oxygen atoms in total. The maximum absolute atomic E-state index is 8.94. The minimum absolute atomic E-state index is 0.0153. The number of fused-ring (bicyclic) bond motifs is 9. The Kier molecular flexibility index (Phi) is 9.74. The molecular weight excluding hydrogens is 916 g/mol. The molecule has 3 aliphatic carbocycles. The summed E-state index contributed by atoms with van der Waals surface area (Å²) in [6, 6.07) is 56.0. The Morgan fingerprint density at radius 2 is 1.07 bits per heavy atom. The van der Waals surface area contributed by atoms with Crippen LogP contribution in [-0.4, -0.2) is 6.71 Å². The Morgan fingerprint density at radius 1 is 0.474 bits per heavy atom. The van der Waals surface area contributed by atoms with E-state index >= 15 is 0 Å². The van der Waals surface area contributed by atoms with Crippen molar-refractivity contribution in [1.29, 1.82) is 0 Å². The number of rotatable bonds is 5. The van der Waals surface area contributed by atoms with Crippen LogP contribution in [0, 0.1) is 6.92 Å². The molecule has 382 valence electrons. The standard InChI is InChI=1S/C73H77BN2/c1-16-45-36-64-67-65(37-45)76(61-41-57-54(35-44(61)2)71(10,11)43-72(57,12)13)62-38-47(49-26-22-28-53-66(49)50-25-20-21-27-52(50)73(53,14)15)29-31-58(62)74(67)59-40-55-56(70(8,9)34-33-69(55,6)7)42-63(59)75(64)60-32-30-48(68(3,4)5)39-51(60)46-23-18-17-19-24-46/h17-32,35-42H,16,33-34,43H2,1-15H3/i1D3. The van der Waals surface area contributed by atoms with E-state index in [1.807, 2.05) is 0 Å². The van der Waals surface area contributed by atoms with Crippen molar-refractivity contribution in [3.63, 3.8) is 0 Å². The fourth-order valence-corrected chi connectivity index (χ4v) is 15.3. The van der Waals surface area contributed by atoms with E-state index in [2.05, 4.69) is 252 Å². The van der Waals surface area contributed by atoms with Gasteiger partial charge in [-0.05, 0) is 196 Å². The molecule has 13 rings (SSSR count). The lowest BCUT2D eigenvalue weighted by atomic mass is 9.33. The van der Waals surface area contributed by atoms with Gasteiger partial charge >= 0.3 is 0 Å². The molecule has 2 aliphatic heterocycles. The largest absolute Gasteiger partial charge is 0.311 e. The van der Waals surface area contributed by atoms with Gasteiger partial charge in [-0.3, -0.25) is 0 Å². The summed E-state index contributed by atoms with van der Waals surface area (Å²) in [5.41, 5.74) is 29.0. The van der Waals surface area contributed by atoms with Crippen molar-refractivity contribution in [3.8, 4) is 33.4 Å². The summed E-state index contributed by atoms with van der Waals surface area (Å²) >= 11 is 0. The predicted molar refractivity (Wildman–Crippen MR) is 328 cm³/mol. The van der Waals surface area contributed by atoms with Gasteiger partial charge in [0.1, 0.15) is 0 Å². The van der Waals surface area contributed by atoms with Gasteiger partial charge in [0.25, 0.3) is 6.71 Å². The molecule has 0 aromatic heterocycles. The molecule has 0 saturated heterocycles. The van der Waals surface area contributed by atoms with Gasteiger partial charge < -0.3 is 9.80 Å². The van der Waals surface area contributed by atoms with Crippen molar-refractivity contribution in [2.45, 2.75) is 162 Å². The lowest BCUT2D eigenvalue weighted by Gasteiger charge is -2.48. The molecule has 0 bridgehead atoms. The first-order valence-corrected chi connectivity index (χ1v) is 28.3. The molecule has 8 aromatic carbocycles. The summed E-state index contributed by atoms with van der Waals surface area (Å²) in [6.07, 6.45) is 3.19. The molecule has 0 amide bonds. The van der Waals surface area contributed by atoms with Crippen LogP contribution in [0.1, 0.15) is 170 Å². The highest BCUT2D eigenvalue weighted by Crippen LogP contribution is 2.57. The summed E-state index contributed by atoms with van der Waals surface area (Å²) < 4.78 is 26.8. The summed E-state index contributed by atoms with van der Waals surface area (Å²) in [7, 11) is 0. The van der Waals surface area contributed by atoms with Crippen LogP contribution < -0.4 is 26.2 Å². The molecule has 0 spiro atoms. The second-order valence-electron chi connectivity index (χ2n) is 27.7. The zero-order valence-corrected chi connectivity index (χ0v) is 47.7. The predicted octanol–water partition coefficient (Wildman–Crippen LogP) is 17.9. The average molecular weight is 996 g/mol. The third-order valence-electron chi connectivity index (χ3n) is 19.3. The zero-order valence-electron chi connectivity index (χ0n) is 50.7. The summed E-state index contributed by atoms with van der Waals surface area (Å²) in [6.45, 7) is 31.0. The van der Waals surface area contributed by atoms with Gasteiger partial charge in [-0.2, -0.15) is 0 Å². The van der Waals surface area contributed by atoms with Crippen LogP contribution in [-0.2, 0) is 38.9 Å². The lowest BCUT2D eigenvalue weighted by Crippen LogP contribution is -2.62. The number of nitrogens with zero attached hydrogens (tertiary/aromatic N) is 2. The highest BCUT2D eigenvalue weighted by Gasteiger charge is 2.49. The second-order valence-corrected chi connectivity index (χ2v) is 27.7. The minimum Gasteiger partial charge on any atom is -0.311 e. The lowest BCUT2D eigenvalue weighted by molar-refractivity contribution is 0.332. The molecule has 0 radical (unpaired) electrons. The summed E-state index contributed by atoms with van der Waals surface area (Å²) in [5, 5.41) is 0. The maximum Gasteiger partial charge on any atom is 0.252 e. The van der Waals surface area contributed by atoms with Crippen molar-refractivity contribution >= 4 is 57.2 Å². The van der Waals surface area contributed by atoms with Crippen molar-refractivity contribution in [2.75, 3.05) is 9.80 Å². The number of anilines is 6. The molecular formula is C73H77BN2. The van der Waals surface area contributed by atoms with Crippen molar-refractivity contribution in [2.24, 2.45) is 0 Å². The van der Waals surface area contributed by atoms with Crippen molar-refractivity contribution < 1.29 is 4.11 Å². The minimum atomic E-state index is -2.21. The Morgan fingerprint density at radius 3 is 1.76 bits per heavy atom. The quantitative estimate of drug-likeness (QED) is 0.159. The Hall–Kier alpha value is -6.58. The van der Waals surface area contributed by atoms with Gasteiger partial charge in [0.2, 0.25) is 0 Å². The molecule has 0 fully saturated rings. The summed E-state index contributed by atoms with van der Waals surface area (Å²) in [4.78, 5) is 5.14. The third kappa shape index (κ3) is 7.05. The first kappa shape index (κ1) is 45.6. The van der Waals surface area contributed by atoms with Gasteiger partial charge in [0.05, 0.1) is 5.69 Å². The van der Waals surface area contributed by atoms with E-state index in [-0.39, 0.29) is 45.6 Å². The van der Waals surface area contributed by atoms with Gasteiger partial charge in [0, 0.05) is 43.5 Å². The van der Waals surface area contributed by atoms with Gasteiger partial charge in [-0.15, -0.1) is 0 Å². The Balaban J connectivity index is 1.18. The molecule has 0 unspecified atom stereocenters. The van der Waals surface area contributed by atoms with Crippen LogP contribution in [0.15, 0.2) is 146 Å². The molecule has 0 N–H and O–H groups in total. The molecule has 5 aliphatic rings. The first-order chi connectivity index (χ1) is 37.1. The topological polar surface area (TPSA) is 6.48 Å². The third-order valence-corrected chi connectivity index (χ3v) is 19.3. The van der Waals surface area contributed by atoms with Crippen LogP contribution in [0.25, 0.3) is 33.4 Å². The Labute approximate surface area is 459 Å². The van der Waals surface area contributed by atoms with Crippen LogP contribution in [0.5, 0.6) is 0 Å². The van der Waals surface area contributed by atoms with E-state index in [1.54, 1.807) is 0 Å². The van der Waals surface area contributed by atoms with Crippen LogP contribution in [0.2, 0.25) is 0 Å². The van der Waals surface area contributed by atoms with E-state index < -0.39 is 6.85 Å². The van der Waals surface area contributed by atoms with E-state index in [9.17, 15) is 0 Å². The molecule has 8 aromatic rings. The van der Waals surface area contributed by atoms with Crippen LogP contribution in [0.4, 0.5) is 34.1 Å². The number of benzene rings is 8.